The number of nitrogens with zero attached hydrogens (tertiary/aromatic N) is 4. The number of rotatable bonds is 1. The number of pyridine rings is 1. The predicted molar refractivity (Wildman–Crippen MR) is 90.4 cm³/mol. The van der Waals surface area contributed by atoms with Gasteiger partial charge in [-0.1, -0.05) is 18.2 Å². The molecule has 0 bridgehead atoms. The van der Waals surface area contributed by atoms with Crippen molar-refractivity contribution >= 4 is 22.1 Å². The molecule has 0 fully saturated rings. The molecule has 4 aromatic rings. The van der Waals surface area contributed by atoms with Crippen LogP contribution in [0.15, 0.2) is 36.5 Å². The molecular formula is C18H12F6N4. The van der Waals surface area contributed by atoms with E-state index in [1.54, 1.807) is 6.07 Å². The molecule has 0 aliphatic heterocycles. The highest BCUT2D eigenvalue weighted by Gasteiger charge is 2.40. The van der Waals surface area contributed by atoms with E-state index in [2.05, 4.69) is 9.97 Å². The summed E-state index contributed by atoms with van der Waals surface area (Å²) < 4.78 is 83.0. The Morgan fingerprint density at radius 1 is 0.893 bits per heavy atom. The van der Waals surface area contributed by atoms with Gasteiger partial charge in [0.1, 0.15) is 5.52 Å². The number of alkyl halides is 6. The van der Waals surface area contributed by atoms with Crippen molar-refractivity contribution in [2.45, 2.75) is 12.4 Å². The smallest absolute Gasteiger partial charge is 0.341 e. The van der Waals surface area contributed by atoms with Gasteiger partial charge in [-0.15, -0.1) is 0 Å². The molecule has 146 valence electrons. The first-order chi connectivity index (χ1) is 13.0. The van der Waals surface area contributed by atoms with E-state index in [0.717, 1.165) is 6.07 Å². The number of aromatic nitrogens is 4. The first-order valence-corrected chi connectivity index (χ1v) is 8.05. The zero-order chi connectivity index (χ0) is 20.4. The van der Waals surface area contributed by atoms with Crippen LogP contribution in [0.25, 0.3) is 33.6 Å². The summed E-state index contributed by atoms with van der Waals surface area (Å²) in [6, 6.07) is 6.77. The molecule has 28 heavy (non-hydrogen) atoms. The molecule has 10 heteroatoms. The van der Waals surface area contributed by atoms with Gasteiger partial charge in [-0.3, -0.25) is 0 Å². The van der Waals surface area contributed by atoms with Crippen LogP contribution in [-0.4, -0.2) is 19.1 Å². The number of imidazole rings is 1. The maximum Gasteiger partial charge on any atom is 0.419 e. The van der Waals surface area contributed by atoms with Gasteiger partial charge in [0, 0.05) is 31.2 Å². The Kier molecular flexibility index (Phi) is 3.75. The van der Waals surface area contributed by atoms with E-state index >= 15 is 0 Å². The van der Waals surface area contributed by atoms with Gasteiger partial charge in [0.05, 0.1) is 16.8 Å². The molecule has 4 rings (SSSR count). The molecule has 0 aliphatic carbocycles. The SMILES string of the molecule is Cn1c(-c2nc3cc(C(F)(F)F)cnc3n2C)c(C(F)(F)F)c2ccccc21. The summed E-state index contributed by atoms with van der Waals surface area (Å²) in [5.74, 6) is -0.118. The van der Waals surface area contributed by atoms with Crippen LogP contribution in [0.5, 0.6) is 0 Å². The number of benzene rings is 1. The Morgan fingerprint density at radius 2 is 1.57 bits per heavy atom. The van der Waals surface area contributed by atoms with Crippen molar-refractivity contribution in [3.05, 3.63) is 47.7 Å². The Morgan fingerprint density at radius 3 is 2.21 bits per heavy atom. The second kappa shape index (κ2) is 5.73. The minimum atomic E-state index is -4.68. The molecular weight excluding hydrogens is 386 g/mol. The summed E-state index contributed by atoms with van der Waals surface area (Å²) in [5, 5.41) is -0.0107. The van der Waals surface area contributed by atoms with Gasteiger partial charge >= 0.3 is 12.4 Å². The number of aryl methyl sites for hydroxylation is 2. The Hall–Kier alpha value is -3.04. The maximum atomic E-state index is 13.9. The highest BCUT2D eigenvalue weighted by Crippen LogP contribution is 2.43. The molecule has 4 nitrogen and oxygen atoms in total. The molecule has 0 N–H and O–H groups in total. The predicted octanol–water partition coefficient (Wildman–Crippen LogP) is 5.16. The van der Waals surface area contributed by atoms with Gasteiger partial charge in [-0.2, -0.15) is 26.3 Å². The molecule has 0 saturated heterocycles. The topological polar surface area (TPSA) is 35.6 Å². The van der Waals surface area contributed by atoms with Crippen LogP contribution in [-0.2, 0) is 26.4 Å². The number of halogens is 6. The van der Waals surface area contributed by atoms with Crippen LogP contribution in [0.1, 0.15) is 11.1 Å². The Labute approximate surface area is 154 Å². The van der Waals surface area contributed by atoms with Crippen LogP contribution in [0.3, 0.4) is 0 Å². The third-order valence-electron chi connectivity index (χ3n) is 4.64. The second-order valence-corrected chi connectivity index (χ2v) is 6.36. The van der Waals surface area contributed by atoms with Crippen molar-refractivity contribution in [3.8, 4) is 11.5 Å². The van der Waals surface area contributed by atoms with Gasteiger partial charge < -0.3 is 9.13 Å². The van der Waals surface area contributed by atoms with Crippen molar-refractivity contribution in [3.63, 3.8) is 0 Å². The zero-order valence-electron chi connectivity index (χ0n) is 14.5. The van der Waals surface area contributed by atoms with Gasteiger partial charge in [-0.05, 0) is 12.1 Å². The molecule has 0 radical (unpaired) electrons. The fraction of sp³-hybridized carbons (Fsp3) is 0.222. The van der Waals surface area contributed by atoms with Crippen molar-refractivity contribution in [1.82, 2.24) is 19.1 Å². The van der Waals surface area contributed by atoms with Gasteiger partial charge in [0.2, 0.25) is 0 Å². The minimum Gasteiger partial charge on any atom is -0.341 e. The van der Waals surface area contributed by atoms with E-state index in [0.29, 0.717) is 11.7 Å². The van der Waals surface area contributed by atoms with E-state index in [1.165, 1.54) is 41.4 Å². The second-order valence-electron chi connectivity index (χ2n) is 6.36. The summed E-state index contributed by atoms with van der Waals surface area (Å²) in [7, 11) is 2.88. The van der Waals surface area contributed by atoms with Crippen LogP contribution in [0, 0.1) is 0 Å². The third kappa shape index (κ3) is 2.62. The fourth-order valence-electron chi connectivity index (χ4n) is 3.38. The van der Waals surface area contributed by atoms with Crippen LogP contribution in [0.4, 0.5) is 26.3 Å². The molecule has 0 unspecified atom stereocenters. The van der Waals surface area contributed by atoms with Crippen LogP contribution >= 0.6 is 0 Å². The Balaban J connectivity index is 2.07. The number of para-hydroxylation sites is 1. The van der Waals surface area contributed by atoms with E-state index in [-0.39, 0.29) is 28.1 Å². The molecule has 3 aromatic heterocycles. The lowest BCUT2D eigenvalue weighted by atomic mass is 10.1. The van der Waals surface area contributed by atoms with Gasteiger partial charge in [0.25, 0.3) is 0 Å². The van der Waals surface area contributed by atoms with Crippen molar-refractivity contribution < 1.29 is 26.3 Å². The monoisotopic (exact) mass is 398 g/mol. The van der Waals surface area contributed by atoms with Crippen LogP contribution in [0.2, 0.25) is 0 Å². The van der Waals surface area contributed by atoms with E-state index in [9.17, 15) is 26.3 Å². The Bertz CT molecular complexity index is 1210. The molecule has 0 amide bonds. The third-order valence-corrected chi connectivity index (χ3v) is 4.64. The lowest BCUT2D eigenvalue weighted by molar-refractivity contribution is -0.138. The lowest BCUT2D eigenvalue weighted by Gasteiger charge is -2.10. The molecule has 1 aromatic carbocycles. The molecule has 0 saturated carbocycles. The largest absolute Gasteiger partial charge is 0.419 e. The lowest BCUT2D eigenvalue weighted by Crippen LogP contribution is -2.09. The molecule has 0 atom stereocenters. The fourth-order valence-corrected chi connectivity index (χ4v) is 3.38. The first-order valence-electron chi connectivity index (χ1n) is 8.05. The zero-order valence-corrected chi connectivity index (χ0v) is 14.5. The van der Waals surface area contributed by atoms with Gasteiger partial charge in [0.15, 0.2) is 11.5 Å². The average Bonchev–Trinajstić information content (AvgIpc) is 3.08. The quantitative estimate of drug-likeness (QED) is 0.415. The van der Waals surface area contributed by atoms with E-state index < -0.39 is 23.5 Å². The number of hydrogen-bond acceptors (Lipinski definition) is 2. The van der Waals surface area contributed by atoms with E-state index in [1.807, 2.05) is 0 Å². The number of hydrogen-bond donors (Lipinski definition) is 0. The standard InChI is InChI=1S/C18H12F6N4/c1-27-12-6-4-3-5-10(12)13(18(22,23)24)14(27)16-26-11-7-9(17(19,20)21)8-25-15(11)28(16)2/h3-8H,1-2H3. The van der Waals surface area contributed by atoms with Gasteiger partial charge in [-0.25, -0.2) is 9.97 Å². The summed E-state index contributed by atoms with van der Waals surface area (Å²) >= 11 is 0. The minimum absolute atomic E-state index is 0.0107. The summed E-state index contributed by atoms with van der Waals surface area (Å²) in [5.41, 5.74) is -1.88. The van der Waals surface area contributed by atoms with E-state index in [4.69, 9.17) is 0 Å². The number of fused-ring (bicyclic) bond motifs is 2. The van der Waals surface area contributed by atoms with Crippen molar-refractivity contribution in [1.29, 1.82) is 0 Å². The average molecular weight is 398 g/mol. The highest BCUT2D eigenvalue weighted by molar-refractivity contribution is 5.92. The summed E-state index contributed by atoms with van der Waals surface area (Å²) in [4.78, 5) is 7.83. The molecule has 0 aliphatic rings. The highest BCUT2D eigenvalue weighted by atomic mass is 19.4. The maximum absolute atomic E-state index is 13.9. The first kappa shape index (κ1) is 18.3. The normalized spacial score (nSPS) is 13.0. The summed E-state index contributed by atoms with van der Waals surface area (Å²) in [6.45, 7) is 0. The molecule has 3 heterocycles. The molecule has 0 spiro atoms. The van der Waals surface area contributed by atoms with Crippen LogP contribution < -0.4 is 0 Å². The van der Waals surface area contributed by atoms with Crippen molar-refractivity contribution in [2.75, 3.05) is 0 Å². The summed E-state index contributed by atoms with van der Waals surface area (Å²) in [6.07, 6.45) is -8.67. The van der Waals surface area contributed by atoms with Crippen molar-refractivity contribution in [2.24, 2.45) is 14.1 Å².